The number of hydrogen-bond donors (Lipinski definition) is 1. The van der Waals surface area contributed by atoms with Crippen molar-refractivity contribution in [3.8, 4) is 0 Å². The lowest BCUT2D eigenvalue weighted by molar-refractivity contribution is 0.190. The molecule has 0 amide bonds. The molecule has 1 heterocycles. The van der Waals surface area contributed by atoms with Gasteiger partial charge in [0.15, 0.2) is 0 Å². The lowest BCUT2D eigenvalue weighted by atomic mass is 10.0. The first-order valence-corrected chi connectivity index (χ1v) is 8.35. The molecule has 24 heavy (non-hydrogen) atoms. The Morgan fingerprint density at radius 2 is 1.50 bits per heavy atom. The second-order valence-electron chi connectivity index (χ2n) is 6.40. The number of benzene rings is 2. The van der Waals surface area contributed by atoms with E-state index in [-0.39, 0.29) is 24.8 Å². The van der Waals surface area contributed by atoms with E-state index in [0.717, 1.165) is 13.1 Å². The summed E-state index contributed by atoms with van der Waals surface area (Å²) in [5.41, 5.74) is 4.14. The van der Waals surface area contributed by atoms with Gasteiger partial charge in [0, 0.05) is 19.1 Å². The smallest absolute Gasteiger partial charge is 0.0233 e. The summed E-state index contributed by atoms with van der Waals surface area (Å²) in [6, 6.07) is 20.3. The standard InChI is InChI=1S/C20H26N2.2ClH/c1-17-7-9-18(10-8-17)15-21-20-11-13-22(14-12-20)16-19-5-3-2-4-6-19;;/h2-10,20-21H,11-16H2,1H3;2*1H. The molecule has 0 radical (unpaired) electrons. The lowest BCUT2D eigenvalue weighted by Gasteiger charge is -2.32. The Kier molecular flexibility index (Phi) is 9.38. The van der Waals surface area contributed by atoms with Crippen LogP contribution in [-0.2, 0) is 13.1 Å². The number of likely N-dealkylation sites (tertiary alicyclic amines) is 1. The predicted octanol–water partition coefficient (Wildman–Crippen LogP) is 4.59. The molecule has 0 saturated carbocycles. The molecule has 2 aromatic carbocycles. The van der Waals surface area contributed by atoms with Crippen LogP contribution in [0.15, 0.2) is 54.6 Å². The van der Waals surface area contributed by atoms with Gasteiger partial charge in [-0.2, -0.15) is 0 Å². The van der Waals surface area contributed by atoms with Gasteiger partial charge in [0.2, 0.25) is 0 Å². The van der Waals surface area contributed by atoms with Crippen LogP contribution in [0.4, 0.5) is 0 Å². The molecule has 0 aliphatic carbocycles. The first-order valence-electron chi connectivity index (χ1n) is 8.35. The van der Waals surface area contributed by atoms with Crippen LogP contribution in [0.3, 0.4) is 0 Å². The van der Waals surface area contributed by atoms with Gasteiger partial charge in [-0.1, -0.05) is 60.2 Å². The summed E-state index contributed by atoms with van der Waals surface area (Å²) in [7, 11) is 0. The highest BCUT2D eigenvalue weighted by Gasteiger charge is 2.18. The molecule has 1 fully saturated rings. The molecule has 132 valence electrons. The zero-order valence-electron chi connectivity index (χ0n) is 14.3. The molecule has 1 aliphatic heterocycles. The zero-order valence-corrected chi connectivity index (χ0v) is 15.9. The Hall–Kier alpha value is -1.06. The van der Waals surface area contributed by atoms with E-state index < -0.39 is 0 Å². The summed E-state index contributed by atoms with van der Waals surface area (Å²) in [6.45, 7) is 6.61. The normalized spacial score (nSPS) is 15.4. The summed E-state index contributed by atoms with van der Waals surface area (Å²) in [6.07, 6.45) is 2.50. The third-order valence-corrected chi connectivity index (χ3v) is 4.55. The highest BCUT2D eigenvalue weighted by molar-refractivity contribution is 5.85. The summed E-state index contributed by atoms with van der Waals surface area (Å²) in [5.74, 6) is 0. The van der Waals surface area contributed by atoms with Crippen LogP contribution in [0.25, 0.3) is 0 Å². The second kappa shape index (κ2) is 10.7. The molecule has 0 spiro atoms. The first-order chi connectivity index (χ1) is 10.8. The zero-order chi connectivity index (χ0) is 15.2. The van der Waals surface area contributed by atoms with Gasteiger partial charge < -0.3 is 5.32 Å². The van der Waals surface area contributed by atoms with Crippen molar-refractivity contribution < 1.29 is 0 Å². The van der Waals surface area contributed by atoms with Gasteiger partial charge in [0.1, 0.15) is 0 Å². The SMILES string of the molecule is Cc1ccc(CNC2CCN(Cc3ccccc3)CC2)cc1.Cl.Cl. The topological polar surface area (TPSA) is 15.3 Å². The van der Waals surface area contributed by atoms with Gasteiger partial charge in [-0.25, -0.2) is 0 Å². The van der Waals surface area contributed by atoms with Gasteiger partial charge in [-0.05, 0) is 44.0 Å². The first kappa shape index (κ1) is 21.0. The van der Waals surface area contributed by atoms with E-state index in [4.69, 9.17) is 0 Å². The highest BCUT2D eigenvalue weighted by atomic mass is 35.5. The summed E-state index contributed by atoms with van der Waals surface area (Å²) < 4.78 is 0. The number of halogens is 2. The Labute approximate surface area is 158 Å². The largest absolute Gasteiger partial charge is 0.310 e. The average Bonchev–Trinajstić information content (AvgIpc) is 2.57. The van der Waals surface area contributed by atoms with Gasteiger partial charge in [-0.3, -0.25) is 4.90 Å². The maximum atomic E-state index is 3.72. The van der Waals surface area contributed by atoms with Crippen LogP contribution >= 0.6 is 24.8 Å². The van der Waals surface area contributed by atoms with Crippen molar-refractivity contribution >= 4 is 24.8 Å². The van der Waals surface area contributed by atoms with Crippen LogP contribution < -0.4 is 5.32 Å². The van der Waals surface area contributed by atoms with Crippen LogP contribution in [0.1, 0.15) is 29.5 Å². The van der Waals surface area contributed by atoms with E-state index >= 15 is 0 Å². The van der Waals surface area contributed by atoms with Crippen molar-refractivity contribution in [3.05, 3.63) is 71.3 Å². The Bertz CT molecular complexity index is 564. The summed E-state index contributed by atoms with van der Waals surface area (Å²) >= 11 is 0. The molecule has 2 nitrogen and oxygen atoms in total. The second-order valence-corrected chi connectivity index (χ2v) is 6.40. The minimum atomic E-state index is 0. The molecule has 0 atom stereocenters. The number of nitrogens with one attached hydrogen (secondary N) is 1. The molecule has 1 N–H and O–H groups in total. The number of piperidine rings is 1. The van der Waals surface area contributed by atoms with Crippen molar-refractivity contribution in [2.75, 3.05) is 13.1 Å². The van der Waals surface area contributed by atoms with E-state index in [1.54, 1.807) is 0 Å². The molecule has 3 rings (SSSR count). The van der Waals surface area contributed by atoms with Gasteiger partial charge >= 0.3 is 0 Å². The van der Waals surface area contributed by atoms with Crippen molar-refractivity contribution in [1.82, 2.24) is 10.2 Å². The highest BCUT2D eigenvalue weighted by Crippen LogP contribution is 2.14. The fourth-order valence-electron chi connectivity index (χ4n) is 3.10. The number of hydrogen-bond acceptors (Lipinski definition) is 2. The number of nitrogens with zero attached hydrogens (tertiary/aromatic N) is 1. The van der Waals surface area contributed by atoms with Crippen LogP contribution in [0.2, 0.25) is 0 Å². The van der Waals surface area contributed by atoms with Gasteiger partial charge in [0.05, 0.1) is 0 Å². The quantitative estimate of drug-likeness (QED) is 0.831. The number of aryl methyl sites for hydroxylation is 1. The van der Waals surface area contributed by atoms with Crippen molar-refractivity contribution in [2.24, 2.45) is 0 Å². The van der Waals surface area contributed by atoms with Crippen LogP contribution in [0, 0.1) is 6.92 Å². The Morgan fingerprint density at radius 3 is 2.12 bits per heavy atom. The van der Waals surface area contributed by atoms with E-state index in [9.17, 15) is 0 Å². The van der Waals surface area contributed by atoms with Gasteiger partial charge in [-0.15, -0.1) is 24.8 Å². The minimum absolute atomic E-state index is 0. The van der Waals surface area contributed by atoms with E-state index in [1.807, 2.05) is 0 Å². The molecule has 0 aromatic heterocycles. The summed E-state index contributed by atoms with van der Waals surface area (Å²) in [4.78, 5) is 2.57. The third kappa shape index (κ3) is 6.45. The molecule has 2 aromatic rings. The molecular formula is C20H28Cl2N2. The van der Waals surface area contributed by atoms with E-state index in [1.165, 1.54) is 42.6 Å². The summed E-state index contributed by atoms with van der Waals surface area (Å²) in [5, 5.41) is 3.72. The van der Waals surface area contributed by atoms with Crippen molar-refractivity contribution in [2.45, 2.75) is 38.9 Å². The molecule has 4 heteroatoms. The molecular weight excluding hydrogens is 339 g/mol. The molecule has 0 bridgehead atoms. The molecule has 0 unspecified atom stereocenters. The Morgan fingerprint density at radius 1 is 0.875 bits per heavy atom. The fraction of sp³-hybridized carbons (Fsp3) is 0.400. The van der Waals surface area contributed by atoms with Crippen molar-refractivity contribution in [1.29, 1.82) is 0 Å². The molecule has 1 aliphatic rings. The van der Waals surface area contributed by atoms with Crippen LogP contribution in [-0.4, -0.2) is 24.0 Å². The maximum Gasteiger partial charge on any atom is 0.0233 e. The predicted molar refractivity (Wildman–Crippen MR) is 107 cm³/mol. The lowest BCUT2D eigenvalue weighted by Crippen LogP contribution is -2.41. The van der Waals surface area contributed by atoms with Gasteiger partial charge in [0.25, 0.3) is 0 Å². The minimum Gasteiger partial charge on any atom is -0.310 e. The third-order valence-electron chi connectivity index (χ3n) is 4.55. The van der Waals surface area contributed by atoms with E-state index in [2.05, 4.69) is 71.7 Å². The number of rotatable bonds is 5. The molecule has 1 saturated heterocycles. The monoisotopic (exact) mass is 366 g/mol. The Balaban J connectivity index is 0.00000144. The van der Waals surface area contributed by atoms with Crippen LogP contribution in [0.5, 0.6) is 0 Å². The maximum absolute atomic E-state index is 3.72. The van der Waals surface area contributed by atoms with E-state index in [0.29, 0.717) is 6.04 Å². The average molecular weight is 367 g/mol. The van der Waals surface area contributed by atoms with Crippen molar-refractivity contribution in [3.63, 3.8) is 0 Å². The fourth-order valence-corrected chi connectivity index (χ4v) is 3.10.